The van der Waals surface area contributed by atoms with Gasteiger partial charge in [-0.15, -0.1) is 0 Å². The van der Waals surface area contributed by atoms with Gasteiger partial charge in [-0.3, -0.25) is 0 Å². The fraction of sp³-hybridized carbons (Fsp3) is 0.444. The molecular weight excluding hydrogens is 304 g/mol. The predicted molar refractivity (Wildman–Crippen MR) is 91.4 cm³/mol. The number of rotatable bonds is 7. The summed E-state index contributed by atoms with van der Waals surface area (Å²) in [4.78, 5) is 16.1. The van der Waals surface area contributed by atoms with Crippen LogP contribution in [0.3, 0.4) is 0 Å². The molecular formula is C18H24N4O2. The van der Waals surface area contributed by atoms with Crippen molar-refractivity contribution >= 4 is 6.03 Å². The van der Waals surface area contributed by atoms with Crippen LogP contribution in [0.15, 0.2) is 43.0 Å². The van der Waals surface area contributed by atoms with Gasteiger partial charge in [0.05, 0.1) is 18.5 Å². The molecule has 3 N–H and O–H groups in total. The van der Waals surface area contributed by atoms with Gasteiger partial charge in [-0.1, -0.05) is 24.3 Å². The monoisotopic (exact) mass is 328 g/mol. The second-order valence-corrected chi connectivity index (χ2v) is 6.71. The zero-order chi connectivity index (χ0) is 17.0. The summed E-state index contributed by atoms with van der Waals surface area (Å²) in [5, 5.41) is 15.3. The lowest BCUT2D eigenvalue weighted by Gasteiger charge is -2.28. The van der Waals surface area contributed by atoms with Crippen LogP contribution in [0.2, 0.25) is 0 Å². The van der Waals surface area contributed by atoms with E-state index in [1.165, 1.54) is 5.56 Å². The van der Waals surface area contributed by atoms with Crippen molar-refractivity contribution in [3.63, 3.8) is 0 Å². The minimum absolute atomic E-state index is 0.0337. The number of hydrogen-bond donors (Lipinski definition) is 3. The Kier molecular flexibility index (Phi) is 4.85. The van der Waals surface area contributed by atoms with Crippen LogP contribution in [0.4, 0.5) is 4.79 Å². The molecule has 2 amide bonds. The minimum atomic E-state index is -0.515. The number of amides is 2. The maximum Gasteiger partial charge on any atom is 0.315 e. The number of aliphatic hydroxyl groups excluding tert-OH is 1. The third kappa shape index (κ3) is 4.14. The molecule has 128 valence electrons. The van der Waals surface area contributed by atoms with E-state index in [4.69, 9.17) is 0 Å². The molecule has 1 fully saturated rings. The van der Waals surface area contributed by atoms with Crippen LogP contribution in [-0.2, 0) is 13.1 Å². The first-order chi connectivity index (χ1) is 11.6. The highest BCUT2D eigenvalue weighted by Gasteiger charge is 2.42. The van der Waals surface area contributed by atoms with Crippen molar-refractivity contribution in [3.8, 4) is 0 Å². The average molecular weight is 328 g/mol. The lowest BCUT2D eigenvalue weighted by molar-refractivity contribution is 0.155. The number of urea groups is 1. The predicted octanol–water partition coefficient (Wildman–Crippen LogP) is 1.89. The molecule has 0 radical (unpaired) electrons. The Balaban J connectivity index is 1.48. The fourth-order valence-corrected chi connectivity index (χ4v) is 2.83. The van der Waals surface area contributed by atoms with Crippen molar-refractivity contribution in [2.45, 2.75) is 38.4 Å². The molecule has 1 saturated carbocycles. The molecule has 0 bridgehead atoms. The number of hydrogen-bond acceptors (Lipinski definition) is 3. The second-order valence-electron chi connectivity index (χ2n) is 6.71. The van der Waals surface area contributed by atoms with Crippen molar-refractivity contribution in [1.82, 2.24) is 20.2 Å². The van der Waals surface area contributed by atoms with Gasteiger partial charge in [0.15, 0.2) is 0 Å². The Morgan fingerprint density at radius 1 is 1.33 bits per heavy atom. The molecule has 1 aromatic heterocycles. The van der Waals surface area contributed by atoms with Gasteiger partial charge in [0.1, 0.15) is 0 Å². The third-order valence-electron chi connectivity index (χ3n) is 4.61. The summed E-state index contributed by atoms with van der Waals surface area (Å²) in [6, 6.07) is 7.89. The van der Waals surface area contributed by atoms with Gasteiger partial charge >= 0.3 is 6.03 Å². The number of benzene rings is 1. The van der Waals surface area contributed by atoms with E-state index >= 15 is 0 Å². The zero-order valence-electron chi connectivity index (χ0n) is 13.9. The maximum absolute atomic E-state index is 12.1. The number of imidazole rings is 1. The van der Waals surface area contributed by atoms with Gasteiger partial charge in [0.2, 0.25) is 0 Å². The Bertz CT molecular complexity index is 665. The molecule has 1 aliphatic rings. The van der Waals surface area contributed by atoms with Crippen LogP contribution >= 0.6 is 0 Å². The summed E-state index contributed by atoms with van der Waals surface area (Å²) in [6.45, 7) is 3.11. The number of carbonyl (C=O) groups excluding carboxylic acids is 1. The highest BCUT2D eigenvalue weighted by molar-refractivity contribution is 5.74. The van der Waals surface area contributed by atoms with E-state index in [0.29, 0.717) is 12.5 Å². The first-order valence-corrected chi connectivity index (χ1v) is 8.29. The summed E-state index contributed by atoms with van der Waals surface area (Å²) in [6.07, 6.45) is 7.61. The van der Waals surface area contributed by atoms with E-state index in [9.17, 15) is 9.90 Å². The number of nitrogens with one attached hydrogen (secondary N) is 2. The van der Waals surface area contributed by atoms with Crippen LogP contribution < -0.4 is 10.6 Å². The normalized spacial score (nSPS) is 16.4. The van der Waals surface area contributed by atoms with Crippen molar-refractivity contribution in [2.24, 2.45) is 5.92 Å². The molecule has 0 saturated heterocycles. The summed E-state index contributed by atoms with van der Waals surface area (Å²) in [7, 11) is 0. The fourth-order valence-electron chi connectivity index (χ4n) is 2.83. The molecule has 1 heterocycles. The first kappa shape index (κ1) is 16.5. The Hall–Kier alpha value is -2.34. The second kappa shape index (κ2) is 7.05. The largest absolute Gasteiger partial charge is 0.394 e. The van der Waals surface area contributed by atoms with Crippen molar-refractivity contribution in [1.29, 1.82) is 0 Å². The maximum atomic E-state index is 12.1. The first-order valence-electron chi connectivity index (χ1n) is 8.29. The van der Waals surface area contributed by atoms with Crippen molar-refractivity contribution < 1.29 is 9.90 Å². The summed E-state index contributed by atoms with van der Waals surface area (Å²) >= 11 is 0. The molecule has 6 nitrogen and oxygen atoms in total. The van der Waals surface area contributed by atoms with E-state index in [-0.39, 0.29) is 12.6 Å². The van der Waals surface area contributed by atoms with Crippen LogP contribution in [0.25, 0.3) is 0 Å². The number of aliphatic hydroxyl groups is 1. The van der Waals surface area contributed by atoms with E-state index < -0.39 is 5.54 Å². The van der Waals surface area contributed by atoms with Gasteiger partial charge in [0.25, 0.3) is 0 Å². The van der Waals surface area contributed by atoms with Gasteiger partial charge < -0.3 is 20.3 Å². The highest BCUT2D eigenvalue weighted by atomic mass is 16.3. The zero-order valence-corrected chi connectivity index (χ0v) is 13.9. The number of aromatic nitrogens is 2. The Labute approximate surface area is 141 Å². The van der Waals surface area contributed by atoms with E-state index in [2.05, 4.69) is 27.8 Å². The summed E-state index contributed by atoms with van der Waals surface area (Å²) in [5.41, 5.74) is 1.71. The molecule has 1 atom stereocenters. The summed E-state index contributed by atoms with van der Waals surface area (Å²) < 4.78 is 2.01. The molecule has 24 heavy (non-hydrogen) atoms. The molecule has 1 unspecified atom stereocenters. The van der Waals surface area contributed by atoms with E-state index in [1.807, 2.05) is 29.8 Å². The van der Waals surface area contributed by atoms with E-state index in [0.717, 1.165) is 24.9 Å². The lowest BCUT2D eigenvalue weighted by Crippen LogP contribution is -2.53. The van der Waals surface area contributed by atoms with Gasteiger partial charge in [-0.05, 0) is 36.8 Å². The van der Waals surface area contributed by atoms with Crippen LogP contribution in [0, 0.1) is 5.92 Å². The molecule has 1 aliphatic carbocycles. The van der Waals surface area contributed by atoms with Crippen molar-refractivity contribution in [2.75, 3.05) is 6.61 Å². The smallest absolute Gasteiger partial charge is 0.315 e. The SMILES string of the molecule is CC(CO)(NC(=O)NCc1ccc(Cn2ccnc2)cc1)C1CC1. The Morgan fingerprint density at radius 3 is 2.62 bits per heavy atom. The van der Waals surface area contributed by atoms with Crippen molar-refractivity contribution in [3.05, 3.63) is 54.1 Å². The van der Waals surface area contributed by atoms with Crippen LogP contribution in [-0.4, -0.2) is 32.8 Å². The molecule has 0 spiro atoms. The average Bonchev–Trinajstić information content (AvgIpc) is 3.33. The van der Waals surface area contributed by atoms with Gasteiger partial charge in [-0.25, -0.2) is 9.78 Å². The third-order valence-corrected chi connectivity index (χ3v) is 4.61. The summed E-state index contributed by atoms with van der Waals surface area (Å²) in [5.74, 6) is 0.385. The molecule has 6 heteroatoms. The standard InChI is InChI=1S/C18H24N4O2/c1-18(12-23,16-6-7-16)21-17(24)20-10-14-2-4-15(5-3-14)11-22-9-8-19-13-22/h2-5,8-9,13,16,23H,6-7,10-12H2,1H3,(H2,20,21,24). The topological polar surface area (TPSA) is 79.2 Å². The Morgan fingerprint density at radius 2 is 2.04 bits per heavy atom. The van der Waals surface area contributed by atoms with Gasteiger partial charge in [-0.2, -0.15) is 0 Å². The van der Waals surface area contributed by atoms with E-state index in [1.54, 1.807) is 12.5 Å². The number of carbonyl (C=O) groups is 1. The van der Waals surface area contributed by atoms with Gasteiger partial charge in [0, 0.05) is 25.5 Å². The minimum Gasteiger partial charge on any atom is -0.394 e. The van der Waals surface area contributed by atoms with Crippen LogP contribution in [0.5, 0.6) is 0 Å². The highest BCUT2D eigenvalue weighted by Crippen LogP contribution is 2.39. The molecule has 0 aliphatic heterocycles. The van der Waals surface area contributed by atoms with Crippen LogP contribution in [0.1, 0.15) is 30.9 Å². The number of nitrogens with zero attached hydrogens (tertiary/aromatic N) is 2. The lowest BCUT2D eigenvalue weighted by atomic mass is 9.97. The quantitative estimate of drug-likeness (QED) is 0.726. The molecule has 2 aromatic rings. The molecule has 3 rings (SSSR count). The molecule has 1 aromatic carbocycles.